The summed E-state index contributed by atoms with van der Waals surface area (Å²) >= 11 is 3.37. The highest BCUT2D eigenvalue weighted by Gasteiger charge is 2.24. The molecular formula is C9H8BrNO. The van der Waals surface area contributed by atoms with Gasteiger partial charge in [0.1, 0.15) is 0 Å². The number of β-lactam (4-membered cyclic amide) rings is 1. The largest absolute Gasteiger partial charge is 0.312 e. The van der Waals surface area contributed by atoms with Crippen molar-refractivity contribution in [2.24, 2.45) is 0 Å². The summed E-state index contributed by atoms with van der Waals surface area (Å²) in [4.78, 5) is 12.8. The molecule has 0 aliphatic carbocycles. The zero-order chi connectivity index (χ0) is 8.55. The van der Waals surface area contributed by atoms with Crippen molar-refractivity contribution in [3.05, 3.63) is 28.7 Å². The van der Waals surface area contributed by atoms with E-state index in [0.717, 1.165) is 16.7 Å². The van der Waals surface area contributed by atoms with Crippen LogP contribution < -0.4 is 4.90 Å². The molecule has 1 heterocycles. The van der Waals surface area contributed by atoms with Crippen LogP contribution in [-0.2, 0) is 4.79 Å². The predicted octanol–water partition coefficient (Wildman–Crippen LogP) is 2.19. The second-order valence-electron chi connectivity index (χ2n) is 2.78. The molecule has 62 valence electrons. The maximum Gasteiger partial charge on any atom is 0.228 e. The number of rotatable bonds is 1. The maximum absolute atomic E-state index is 11.1. The van der Waals surface area contributed by atoms with Gasteiger partial charge in [-0.3, -0.25) is 4.79 Å². The standard InChI is InChI=1S/C9H8BrNO/c10-7-2-1-3-8(6-7)11-5-4-9(11)12/h1-3,6H,4-5H2. The lowest BCUT2D eigenvalue weighted by molar-refractivity contribution is -0.122. The van der Waals surface area contributed by atoms with Crippen LogP contribution in [0.1, 0.15) is 6.42 Å². The molecule has 2 rings (SSSR count). The van der Waals surface area contributed by atoms with Crippen LogP contribution in [0, 0.1) is 0 Å². The molecule has 12 heavy (non-hydrogen) atoms. The second-order valence-corrected chi connectivity index (χ2v) is 3.69. The lowest BCUT2D eigenvalue weighted by Crippen LogP contribution is -2.43. The first-order chi connectivity index (χ1) is 5.77. The molecule has 1 aliphatic heterocycles. The van der Waals surface area contributed by atoms with Gasteiger partial charge in [-0.05, 0) is 18.2 Å². The first-order valence-corrected chi connectivity index (χ1v) is 4.62. The van der Waals surface area contributed by atoms with E-state index in [-0.39, 0.29) is 5.91 Å². The minimum atomic E-state index is 0.216. The van der Waals surface area contributed by atoms with Crippen molar-refractivity contribution in [3.63, 3.8) is 0 Å². The Balaban J connectivity index is 2.28. The molecule has 1 aliphatic rings. The summed E-state index contributed by atoms with van der Waals surface area (Å²) in [5, 5.41) is 0. The molecule has 0 spiro atoms. The van der Waals surface area contributed by atoms with E-state index < -0.39 is 0 Å². The average molecular weight is 226 g/mol. The van der Waals surface area contributed by atoms with Gasteiger partial charge in [0.2, 0.25) is 5.91 Å². The van der Waals surface area contributed by atoms with Gasteiger partial charge in [-0.25, -0.2) is 0 Å². The summed E-state index contributed by atoms with van der Waals surface area (Å²) in [6.07, 6.45) is 0.687. The molecule has 0 atom stereocenters. The summed E-state index contributed by atoms with van der Waals surface area (Å²) in [6.45, 7) is 0.856. The highest BCUT2D eigenvalue weighted by atomic mass is 79.9. The van der Waals surface area contributed by atoms with Crippen LogP contribution in [-0.4, -0.2) is 12.5 Å². The fourth-order valence-corrected chi connectivity index (χ4v) is 1.62. The Morgan fingerprint density at radius 1 is 1.42 bits per heavy atom. The number of carbonyl (C=O) groups is 1. The molecule has 1 saturated heterocycles. The molecule has 1 aromatic rings. The Morgan fingerprint density at radius 2 is 2.25 bits per heavy atom. The summed E-state index contributed by atoms with van der Waals surface area (Å²) < 4.78 is 1.01. The molecule has 1 fully saturated rings. The molecule has 1 aromatic carbocycles. The Kier molecular flexibility index (Phi) is 1.89. The van der Waals surface area contributed by atoms with E-state index in [9.17, 15) is 4.79 Å². The van der Waals surface area contributed by atoms with Crippen molar-refractivity contribution in [2.75, 3.05) is 11.4 Å². The third-order valence-corrected chi connectivity index (χ3v) is 2.46. The first kappa shape index (κ1) is 7.80. The Labute approximate surface area is 79.3 Å². The molecule has 3 heteroatoms. The highest BCUT2D eigenvalue weighted by molar-refractivity contribution is 9.10. The van der Waals surface area contributed by atoms with Gasteiger partial charge < -0.3 is 4.90 Å². The molecule has 1 amide bonds. The zero-order valence-corrected chi connectivity index (χ0v) is 8.04. The monoisotopic (exact) mass is 225 g/mol. The number of hydrogen-bond acceptors (Lipinski definition) is 1. The van der Waals surface area contributed by atoms with E-state index in [2.05, 4.69) is 15.9 Å². The maximum atomic E-state index is 11.1. The minimum absolute atomic E-state index is 0.216. The van der Waals surface area contributed by atoms with Crippen LogP contribution in [0.4, 0.5) is 5.69 Å². The Hall–Kier alpha value is -0.830. The number of amides is 1. The topological polar surface area (TPSA) is 20.3 Å². The number of benzene rings is 1. The van der Waals surface area contributed by atoms with E-state index in [1.54, 1.807) is 4.90 Å². The minimum Gasteiger partial charge on any atom is -0.312 e. The quantitative estimate of drug-likeness (QED) is 0.672. The van der Waals surface area contributed by atoms with Crippen molar-refractivity contribution >= 4 is 27.5 Å². The van der Waals surface area contributed by atoms with Gasteiger partial charge in [-0.1, -0.05) is 22.0 Å². The van der Waals surface area contributed by atoms with Gasteiger partial charge in [0, 0.05) is 23.1 Å². The van der Waals surface area contributed by atoms with Crippen molar-refractivity contribution in [1.29, 1.82) is 0 Å². The van der Waals surface area contributed by atoms with E-state index in [1.807, 2.05) is 24.3 Å². The van der Waals surface area contributed by atoms with Gasteiger partial charge in [0.25, 0.3) is 0 Å². The zero-order valence-electron chi connectivity index (χ0n) is 6.46. The lowest BCUT2D eigenvalue weighted by atomic mass is 10.1. The normalized spacial score (nSPS) is 16.1. The summed E-state index contributed by atoms with van der Waals surface area (Å²) in [7, 11) is 0. The summed E-state index contributed by atoms with van der Waals surface area (Å²) in [5.74, 6) is 0.216. The average Bonchev–Trinajstić information content (AvgIpc) is 2.02. The number of nitrogens with zero attached hydrogens (tertiary/aromatic N) is 1. The number of hydrogen-bond donors (Lipinski definition) is 0. The Bertz CT molecular complexity index is 324. The van der Waals surface area contributed by atoms with Crippen molar-refractivity contribution < 1.29 is 4.79 Å². The second kappa shape index (κ2) is 2.90. The third kappa shape index (κ3) is 1.25. The fraction of sp³-hybridized carbons (Fsp3) is 0.222. The van der Waals surface area contributed by atoms with E-state index in [1.165, 1.54) is 0 Å². The lowest BCUT2D eigenvalue weighted by Gasteiger charge is -2.30. The van der Waals surface area contributed by atoms with Crippen molar-refractivity contribution in [1.82, 2.24) is 0 Å². The van der Waals surface area contributed by atoms with Gasteiger partial charge in [-0.15, -0.1) is 0 Å². The summed E-state index contributed by atoms with van der Waals surface area (Å²) in [5.41, 5.74) is 0.987. The molecule has 2 nitrogen and oxygen atoms in total. The molecule has 0 unspecified atom stereocenters. The summed E-state index contributed by atoms with van der Waals surface area (Å²) in [6, 6.07) is 7.79. The van der Waals surface area contributed by atoms with Crippen LogP contribution in [0.3, 0.4) is 0 Å². The van der Waals surface area contributed by atoms with Gasteiger partial charge in [-0.2, -0.15) is 0 Å². The smallest absolute Gasteiger partial charge is 0.228 e. The predicted molar refractivity (Wildman–Crippen MR) is 51.1 cm³/mol. The van der Waals surface area contributed by atoms with Crippen molar-refractivity contribution in [2.45, 2.75) is 6.42 Å². The first-order valence-electron chi connectivity index (χ1n) is 3.83. The SMILES string of the molecule is O=C1CCN1c1cccc(Br)c1. The van der Waals surface area contributed by atoms with E-state index >= 15 is 0 Å². The van der Waals surface area contributed by atoms with Crippen LogP contribution in [0.25, 0.3) is 0 Å². The van der Waals surface area contributed by atoms with Crippen LogP contribution in [0.5, 0.6) is 0 Å². The van der Waals surface area contributed by atoms with Gasteiger partial charge in [0.15, 0.2) is 0 Å². The molecular weight excluding hydrogens is 218 g/mol. The fourth-order valence-electron chi connectivity index (χ4n) is 1.23. The third-order valence-electron chi connectivity index (χ3n) is 1.97. The molecule has 0 aromatic heterocycles. The highest BCUT2D eigenvalue weighted by Crippen LogP contribution is 2.24. The van der Waals surface area contributed by atoms with Gasteiger partial charge in [0.05, 0.1) is 0 Å². The van der Waals surface area contributed by atoms with E-state index in [4.69, 9.17) is 0 Å². The number of halogens is 1. The van der Waals surface area contributed by atoms with E-state index in [0.29, 0.717) is 6.42 Å². The van der Waals surface area contributed by atoms with Crippen molar-refractivity contribution in [3.8, 4) is 0 Å². The van der Waals surface area contributed by atoms with Gasteiger partial charge >= 0.3 is 0 Å². The van der Waals surface area contributed by atoms with Crippen LogP contribution in [0.15, 0.2) is 28.7 Å². The Morgan fingerprint density at radius 3 is 2.75 bits per heavy atom. The molecule has 0 bridgehead atoms. The van der Waals surface area contributed by atoms with Crippen LogP contribution in [0.2, 0.25) is 0 Å². The number of carbonyl (C=O) groups excluding carboxylic acids is 1. The van der Waals surface area contributed by atoms with Crippen LogP contribution >= 0.6 is 15.9 Å². The molecule has 0 saturated carbocycles. The molecule has 0 N–H and O–H groups in total. The number of anilines is 1. The molecule has 0 radical (unpaired) electrons.